The summed E-state index contributed by atoms with van der Waals surface area (Å²) in [6.07, 6.45) is 7.61. The van der Waals surface area contributed by atoms with Crippen molar-refractivity contribution in [2.75, 3.05) is 20.6 Å². The van der Waals surface area contributed by atoms with Crippen LogP contribution < -0.4 is 0 Å². The van der Waals surface area contributed by atoms with E-state index < -0.39 is 0 Å². The van der Waals surface area contributed by atoms with Gasteiger partial charge in [-0.1, -0.05) is 37.3 Å². The second-order valence-electron chi connectivity index (χ2n) is 7.37. The zero-order chi connectivity index (χ0) is 16.8. The van der Waals surface area contributed by atoms with Crippen LogP contribution in [0.2, 0.25) is 0 Å². The van der Waals surface area contributed by atoms with Crippen molar-refractivity contribution in [3.63, 3.8) is 0 Å². The summed E-state index contributed by atoms with van der Waals surface area (Å²) in [6.45, 7) is 7.07. The molecule has 2 rings (SSSR count). The van der Waals surface area contributed by atoms with Gasteiger partial charge in [0.2, 0.25) is 0 Å². The van der Waals surface area contributed by atoms with Gasteiger partial charge in [0.25, 0.3) is 0 Å². The molecule has 2 nitrogen and oxygen atoms in total. The number of Topliss-reactive ketones (excluding diaryl/α,β-unsaturated/α-hetero) is 1. The van der Waals surface area contributed by atoms with Gasteiger partial charge in [-0.2, -0.15) is 0 Å². The van der Waals surface area contributed by atoms with E-state index in [0.717, 1.165) is 30.4 Å². The van der Waals surface area contributed by atoms with E-state index in [2.05, 4.69) is 36.6 Å². The fraction of sp³-hybridized carbons (Fsp3) is 0.571. The number of carbonyl (C=O) groups is 1. The highest BCUT2D eigenvalue weighted by molar-refractivity contribution is 5.96. The van der Waals surface area contributed by atoms with Gasteiger partial charge in [0.1, 0.15) is 0 Å². The maximum absolute atomic E-state index is 12.2. The molecule has 3 atom stereocenters. The number of carbonyl (C=O) groups excluding carboxylic acids is 1. The van der Waals surface area contributed by atoms with Crippen LogP contribution in [-0.2, 0) is 0 Å². The summed E-state index contributed by atoms with van der Waals surface area (Å²) in [4.78, 5) is 14.2. The van der Waals surface area contributed by atoms with Gasteiger partial charge in [0, 0.05) is 18.5 Å². The summed E-state index contributed by atoms with van der Waals surface area (Å²) in [6, 6.07) is 8.39. The second-order valence-corrected chi connectivity index (χ2v) is 7.37. The number of hydrogen-bond acceptors (Lipinski definition) is 2. The number of hydrogen-bond donors (Lipinski definition) is 0. The van der Waals surface area contributed by atoms with E-state index in [1.807, 2.05) is 26.2 Å². The molecule has 2 heteroatoms. The highest BCUT2D eigenvalue weighted by Gasteiger charge is 2.27. The van der Waals surface area contributed by atoms with Crippen LogP contribution in [0.4, 0.5) is 0 Å². The molecular weight excluding hydrogens is 282 g/mol. The van der Waals surface area contributed by atoms with Gasteiger partial charge in [-0.25, -0.2) is 0 Å². The lowest BCUT2D eigenvalue weighted by Crippen LogP contribution is -2.21. The van der Waals surface area contributed by atoms with Crippen LogP contribution in [0.3, 0.4) is 0 Å². The fourth-order valence-electron chi connectivity index (χ4n) is 3.74. The number of benzene rings is 1. The second kappa shape index (κ2) is 8.44. The first-order valence-electron chi connectivity index (χ1n) is 8.90. The smallest absolute Gasteiger partial charge is 0.164 e. The summed E-state index contributed by atoms with van der Waals surface area (Å²) < 4.78 is 0. The summed E-state index contributed by atoms with van der Waals surface area (Å²) in [5.41, 5.74) is 2.25. The first-order valence-corrected chi connectivity index (χ1v) is 8.90. The lowest BCUT2D eigenvalue weighted by atomic mass is 9.71. The van der Waals surface area contributed by atoms with Crippen molar-refractivity contribution in [1.29, 1.82) is 0 Å². The zero-order valence-electron chi connectivity index (χ0n) is 14.9. The largest absolute Gasteiger partial charge is 0.309 e. The van der Waals surface area contributed by atoms with Crippen LogP contribution in [0.15, 0.2) is 36.9 Å². The van der Waals surface area contributed by atoms with E-state index in [1.54, 1.807) is 0 Å². The van der Waals surface area contributed by atoms with Gasteiger partial charge in [-0.05, 0) is 63.1 Å². The van der Waals surface area contributed by atoms with E-state index >= 15 is 0 Å². The third-order valence-corrected chi connectivity index (χ3v) is 5.31. The molecule has 0 radical (unpaired) electrons. The molecule has 1 aliphatic rings. The Kier molecular flexibility index (Phi) is 6.59. The summed E-state index contributed by atoms with van der Waals surface area (Å²) in [7, 11) is 4.00. The van der Waals surface area contributed by atoms with Crippen molar-refractivity contribution >= 4 is 5.78 Å². The Bertz CT molecular complexity index is 517. The lowest BCUT2D eigenvalue weighted by molar-refractivity contribution is 0.0972. The Morgan fingerprint density at radius 1 is 1.26 bits per heavy atom. The number of allylic oxidation sites excluding steroid dienone is 1. The molecular formula is C21H31NO. The minimum absolute atomic E-state index is 0.244. The number of ketones is 1. The molecule has 0 spiro atoms. The SMILES string of the molecule is C=CCC1CCC(c2ccc(C(=O)CCN(C)C)cc2)CC1C. The zero-order valence-corrected chi connectivity index (χ0v) is 14.9. The Morgan fingerprint density at radius 3 is 2.52 bits per heavy atom. The summed E-state index contributed by atoms with van der Waals surface area (Å²) in [5.74, 6) is 2.45. The maximum Gasteiger partial charge on any atom is 0.164 e. The minimum atomic E-state index is 0.244. The van der Waals surface area contributed by atoms with E-state index in [0.29, 0.717) is 12.3 Å². The van der Waals surface area contributed by atoms with Crippen LogP contribution in [-0.4, -0.2) is 31.3 Å². The Labute approximate surface area is 141 Å². The average molecular weight is 313 g/mol. The molecule has 0 bridgehead atoms. The molecule has 3 unspecified atom stereocenters. The van der Waals surface area contributed by atoms with Crippen LogP contribution >= 0.6 is 0 Å². The summed E-state index contributed by atoms with van der Waals surface area (Å²) in [5, 5.41) is 0. The van der Waals surface area contributed by atoms with Gasteiger partial charge in [0.15, 0.2) is 5.78 Å². The van der Waals surface area contributed by atoms with Crippen molar-refractivity contribution < 1.29 is 4.79 Å². The molecule has 0 aromatic heterocycles. The first kappa shape index (κ1) is 17.9. The number of rotatable bonds is 7. The molecule has 0 saturated heterocycles. The molecule has 1 aromatic rings. The molecule has 0 N–H and O–H groups in total. The highest BCUT2D eigenvalue weighted by Crippen LogP contribution is 2.40. The highest BCUT2D eigenvalue weighted by atomic mass is 16.1. The molecule has 1 saturated carbocycles. The van der Waals surface area contributed by atoms with Gasteiger partial charge >= 0.3 is 0 Å². The quantitative estimate of drug-likeness (QED) is 0.526. The predicted molar refractivity (Wildman–Crippen MR) is 98.0 cm³/mol. The Balaban J connectivity index is 1.95. The molecule has 0 aliphatic heterocycles. The predicted octanol–water partition coefficient (Wildman–Crippen LogP) is 4.92. The van der Waals surface area contributed by atoms with Crippen molar-refractivity contribution in [3.05, 3.63) is 48.0 Å². The maximum atomic E-state index is 12.2. The standard InChI is InChI=1S/C21H31NO/c1-5-6-17-7-12-20(15-16(17)2)18-8-10-19(11-9-18)21(23)13-14-22(3)4/h5,8-11,16-17,20H,1,6-7,12-15H2,2-4H3. The van der Waals surface area contributed by atoms with E-state index in [-0.39, 0.29) is 5.78 Å². The minimum Gasteiger partial charge on any atom is -0.309 e. The molecule has 1 aromatic carbocycles. The van der Waals surface area contributed by atoms with Gasteiger partial charge in [0.05, 0.1) is 0 Å². The van der Waals surface area contributed by atoms with Gasteiger partial charge < -0.3 is 4.90 Å². The third-order valence-electron chi connectivity index (χ3n) is 5.31. The third kappa shape index (κ3) is 5.04. The van der Waals surface area contributed by atoms with Crippen LogP contribution in [0, 0.1) is 11.8 Å². The monoisotopic (exact) mass is 313 g/mol. The lowest BCUT2D eigenvalue weighted by Gasteiger charge is -2.34. The van der Waals surface area contributed by atoms with Crippen molar-refractivity contribution in [1.82, 2.24) is 4.90 Å². The van der Waals surface area contributed by atoms with Crippen molar-refractivity contribution in [2.24, 2.45) is 11.8 Å². The molecule has 1 aliphatic carbocycles. The Hall–Kier alpha value is -1.41. The molecule has 0 heterocycles. The molecule has 126 valence electrons. The molecule has 23 heavy (non-hydrogen) atoms. The normalized spacial score (nSPS) is 24.6. The van der Waals surface area contributed by atoms with Crippen molar-refractivity contribution in [2.45, 2.75) is 44.9 Å². The first-order chi connectivity index (χ1) is 11.0. The van der Waals surface area contributed by atoms with Gasteiger partial charge in [-0.3, -0.25) is 4.79 Å². The Morgan fingerprint density at radius 2 is 1.96 bits per heavy atom. The van der Waals surface area contributed by atoms with E-state index in [4.69, 9.17) is 0 Å². The van der Waals surface area contributed by atoms with Gasteiger partial charge in [-0.15, -0.1) is 6.58 Å². The van der Waals surface area contributed by atoms with Crippen LogP contribution in [0.5, 0.6) is 0 Å². The summed E-state index contributed by atoms with van der Waals surface area (Å²) >= 11 is 0. The molecule has 1 fully saturated rings. The van der Waals surface area contributed by atoms with Crippen molar-refractivity contribution in [3.8, 4) is 0 Å². The fourth-order valence-corrected chi connectivity index (χ4v) is 3.74. The van der Waals surface area contributed by atoms with Crippen LogP contribution in [0.25, 0.3) is 0 Å². The average Bonchev–Trinajstić information content (AvgIpc) is 2.55. The number of nitrogens with zero attached hydrogens (tertiary/aromatic N) is 1. The molecule has 0 amide bonds. The topological polar surface area (TPSA) is 20.3 Å². The van der Waals surface area contributed by atoms with E-state index in [1.165, 1.54) is 24.8 Å². The van der Waals surface area contributed by atoms with Crippen LogP contribution in [0.1, 0.15) is 60.9 Å². The van der Waals surface area contributed by atoms with E-state index in [9.17, 15) is 4.79 Å².